The van der Waals surface area contributed by atoms with E-state index in [-0.39, 0.29) is 24.0 Å². The number of nitrogens with one attached hydrogen (secondary N) is 2. The van der Waals surface area contributed by atoms with Gasteiger partial charge in [-0.2, -0.15) is 0 Å². The summed E-state index contributed by atoms with van der Waals surface area (Å²) in [6.45, 7) is 3.71. The molecule has 20 heavy (non-hydrogen) atoms. The first kappa shape index (κ1) is 18.8. The van der Waals surface area contributed by atoms with Crippen LogP contribution in [0.25, 0.3) is 0 Å². The molecule has 1 rings (SSSR count). The van der Waals surface area contributed by atoms with Crippen molar-refractivity contribution in [1.29, 1.82) is 0 Å². The van der Waals surface area contributed by atoms with Gasteiger partial charge in [0.05, 0.1) is 14.2 Å². The summed E-state index contributed by atoms with van der Waals surface area (Å²) in [6.07, 6.45) is 0.894. The monoisotopic (exact) mass is 393 g/mol. The molecule has 2 N–H and O–H groups in total. The maximum Gasteiger partial charge on any atom is 0.190 e. The highest BCUT2D eigenvalue weighted by Gasteiger charge is 2.04. The fourth-order valence-electron chi connectivity index (χ4n) is 1.75. The molecule has 6 heteroatoms. The van der Waals surface area contributed by atoms with Gasteiger partial charge in [-0.1, -0.05) is 6.07 Å². The Balaban J connectivity index is 0.00000361. The van der Waals surface area contributed by atoms with Crippen LogP contribution in [0.4, 0.5) is 0 Å². The molecule has 0 saturated heterocycles. The van der Waals surface area contributed by atoms with Crippen LogP contribution in [0.1, 0.15) is 12.5 Å². The van der Waals surface area contributed by atoms with Crippen molar-refractivity contribution in [2.45, 2.75) is 13.3 Å². The first-order chi connectivity index (χ1) is 9.24. The molecule has 5 nitrogen and oxygen atoms in total. The number of halogens is 1. The van der Waals surface area contributed by atoms with Gasteiger partial charge < -0.3 is 20.1 Å². The molecule has 0 aliphatic carbocycles. The molecule has 114 valence electrons. The lowest BCUT2D eigenvalue weighted by Gasteiger charge is -2.12. The molecule has 1 aromatic carbocycles. The predicted octanol–water partition coefficient (Wildman–Crippen LogP) is 2.05. The minimum absolute atomic E-state index is 0. The second-order valence-electron chi connectivity index (χ2n) is 3.97. The second kappa shape index (κ2) is 10.6. The van der Waals surface area contributed by atoms with Crippen molar-refractivity contribution in [2.24, 2.45) is 4.99 Å². The number of hydrogen-bond acceptors (Lipinski definition) is 3. The van der Waals surface area contributed by atoms with Crippen LogP contribution >= 0.6 is 24.0 Å². The molecule has 0 spiro atoms. The van der Waals surface area contributed by atoms with Crippen LogP contribution in [0.3, 0.4) is 0 Å². The van der Waals surface area contributed by atoms with Crippen LogP contribution in [0.2, 0.25) is 0 Å². The summed E-state index contributed by atoms with van der Waals surface area (Å²) in [5.74, 6) is 2.33. The molecule has 0 aliphatic rings. The van der Waals surface area contributed by atoms with E-state index in [4.69, 9.17) is 9.47 Å². The SMILES string of the molecule is CCNC(=NC)NCCc1ccc(OC)c(OC)c1.I. The Kier molecular flexibility index (Phi) is 9.96. The van der Waals surface area contributed by atoms with Gasteiger partial charge in [-0.3, -0.25) is 4.99 Å². The van der Waals surface area contributed by atoms with E-state index in [1.807, 2.05) is 25.1 Å². The number of methoxy groups -OCH3 is 2. The molecule has 0 bridgehead atoms. The lowest BCUT2D eigenvalue weighted by atomic mass is 10.1. The normalized spacial score (nSPS) is 10.5. The summed E-state index contributed by atoms with van der Waals surface area (Å²) in [6, 6.07) is 5.96. The molecule has 0 amide bonds. The Morgan fingerprint density at radius 2 is 1.85 bits per heavy atom. The Morgan fingerprint density at radius 3 is 2.40 bits per heavy atom. The van der Waals surface area contributed by atoms with E-state index in [1.54, 1.807) is 21.3 Å². The molecule has 0 aromatic heterocycles. The minimum atomic E-state index is 0. The molecule has 1 aromatic rings. The standard InChI is InChI=1S/C14H23N3O2.HI/c1-5-16-14(15-2)17-9-8-11-6-7-12(18-3)13(10-11)19-4;/h6-7,10H,5,8-9H2,1-4H3,(H2,15,16,17);1H. The van der Waals surface area contributed by atoms with Gasteiger partial charge in [-0.15, -0.1) is 24.0 Å². The minimum Gasteiger partial charge on any atom is -0.493 e. The Bertz CT molecular complexity index is 425. The summed E-state index contributed by atoms with van der Waals surface area (Å²) in [7, 11) is 5.05. The lowest BCUT2D eigenvalue weighted by molar-refractivity contribution is 0.354. The summed E-state index contributed by atoms with van der Waals surface area (Å²) in [4.78, 5) is 4.12. The average Bonchev–Trinajstić information content (AvgIpc) is 2.46. The fourth-order valence-corrected chi connectivity index (χ4v) is 1.75. The highest BCUT2D eigenvalue weighted by atomic mass is 127. The molecular weight excluding hydrogens is 369 g/mol. The molecule has 0 radical (unpaired) electrons. The van der Waals surface area contributed by atoms with Crippen LogP contribution in [0.15, 0.2) is 23.2 Å². The first-order valence-corrected chi connectivity index (χ1v) is 6.40. The van der Waals surface area contributed by atoms with Crippen LogP contribution in [-0.4, -0.2) is 40.3 Å². The summed E-state index contributed by atoms with van der Waals surface area (Å²) in [5.41, 5.74) is 1.19. The number of benzene rings is 1. The third-order valence-electron chi connectivity index (χ3n) is 2.72. The number of guanidine groups is 1. The van der Waals surface area contributed by atoms with Gasteiger partial charge in [0.25, 0.3) is 0 Å². The maximum absolute atomic E-state index is 5.28. The average molecular weight is 393 g/mol. The van der Waals surface area contributed by atoms with E-state index in [2.05, 4.69) is 15.6 Å². The van der Waals surface area contributed by atoms with E-state index in [1.165, 1.54) is 5.56 Å². The molecule has 0 aliphatic heterocycles. The van der Waals surface area contributed by atoms with Crippen LogP contribution in [0.5, 0.6) is 11.5 Å². The number of hydrogen-bond donors (Lipinski definition) is 2. The van der Waals surface area contributed by atoms with Crippen LogP contribution in [-0.2, 0) is 6.42 Å². The topological polar surface area (TPSA) is 54.9 Å². The van der Waals surface area contributed by atoms with Gasteiger partial charge in [-0.25, -0.2) is 0 Å². The first-order valence-electron chi connectivity index (χ1n) is 6.40. The van der Waals surface area contributed by atoms with Gasteiger partial charge in [-0.05, 0) is 31.0 Å². The Hall–Kier alpha value is -1.18. The molecular formula is C14H24IN3O2. The number of ether oxygens (including phenoxy) is 2. The highest BCUT2D eigenvalue weighted by Crippen LogP contribution is 2.27. The van der Waals surface area contributed by atoms with Crippen molar-refractivity contribution >= 4 is 29.9 Å². The number of nitrogens with zero attached hydrogens (tertiary/aromatic N) is 1. The van der Waals surface area contributed by atoms with Gasteiger partial charge in [0, 0.05) is 20.1 Å². The van der Waals surface area contributed by atoms with E-state index >= 15 is 0 Å². The lowest BCUT2D eigenvalue weighted by Crippen LogP contribution is -2.38. The second-order valence-corrected chi connectivity index (χ2v) is 3.97. The van der Waals surface area contributed by atoms with E-state index in [0.29, 0.717) is 0 Å². The third kappa shape index (κ3) is 5.85. The molecule has 0 heterocycles. The van der Waals surface area contributed by atoms with Gasteiger partial charge >= 0.3 is 0 Å². The van der Waals surface area contributed by atoms with Crippen LogP contribution in [0, 0.1) is 0 Å². The Morgan fingerprint density at radius 1 is 1.15 bits per heavy atom. The van der Waals surface area contributed by atoms with E-state index in [0.717, 1.165) is 37.0 Å². The largest absolute Gasteiger partial charge is 0.493 e. The zero-order chi connectivity index (χ0) is 14.1. The van der Waals surface area contributed by atoms with Gasteiger partial charge in [0.1, 0.15) is 0 Å². The van der Waals surface area contributed by atoms with Crippen molar-refractivity contribution in [2.75, 3.05) is 34.4 Å². The van der Waals surface area contributed by atoms with Crippen LogP contribution < -0.4 is 20.1 Å². The smallest absolute Gasteiger partial charge is 0.190 e. The van der Waals surface area contributed by atoms with Crippen molar-refractivity contribution in [3.05, 3.63) is 23.8 Å². The zero-order valence-corrected chi connectivity index (χ0v) is 14.9. The highest BCUT2D eigenvalue weighted by molar-refractivity contribution is 14.0. The molecule has 0 saturated carbocycles. The van der Waals surface area contributed by atoms with Crippen molar-refractivity contribution in [3.63, 3.8) is 0 Å². The summed E-state index contributed by atoms with van der Waals surface area (Å²) >= 11 is 0. The van der Waals surface area contributed by atoms with Crippen molar-refractivity contribution in [1.82, 2.24) is 10.6 Å². The predicted molar refractivity (Wildman–Crippen MR) is 93.7 cm³/mol. The zero-order valence-electron chi connectivity index (χ0n) is 12.5. The van der Waals surface area contributed by atoms with Crippen molar-refractivity contribution in [3.8, 4) is 11.5 Å². The maximum atomic E-state index is 5.28. The van der Waals surface area contributed by atoms with E-state index < -0.39 is 0 Å². The molecule has 0 fully saturated rings. The fraction of sp³-hybridized carbons (Fsp3) is 0.500. The number of rotatable bonds is 6. The molecule has 0 unspecified atom stereocenters. The van der Waals surface area contributed by atoms with Gasteiger partial charge in [0.2, 0.25) is 0 Å². The summed E-state index contributed by atoms with van der Waals surface area (Å²) in [5, 5.41) is 6.41. The summed E-state index contributed by atoms with van der Waals surface area (Å²) < 4.78 is 10.5. The third-order valence-corrected chi connectivity index (χ3v) is 2.72. The Labute approximate surface area is 138 Å². The quantitative estimate of drug-likeness (QED) is 0.441. The van der Waals surface area contributed by atoms with Crippen molar-refractivity contribution < 1.29 is 9.47 Å². The van der Waals surface area contributed by atoms with Gasteiger partial charge in [0.15, 0.2) is 17.5 Å². The molecule has 0 atom stereocenters. The number of aliphatic imine (C=N–C) groups is 1. The van der Waals surface area contributed by atoms with E-state index in [9.17, 15) is 0 Å².